The molecular weight excluding hydrogens is 234 g/mol. The summed E-state index contributed by atoms with van der Waals surface area (Å²) in [5, 5.41) is 10.9. The molecule has 1 aliphatic heterocycles. The maximum atomic E-state index is 10.9. The minimum absolute atomic E-state index is 0.399. The van der Waals surface area contributed by atoms with Crippen molar-refractivity contribution in [2.45, 2.75) is 51.7 Å². The second kappa shape index (κ2) is 6.53. The summed E-state index contributed by atoms with van der Waals surface area (Å²) in [4.78, 5) is 2.41. The van der Waals surface area contributed by atoms with E-state index in [4.69, 9.17) is 0 Å². The molecule has 2 atom stereocenters. The SMILES string of the molecule is CCCC(C)C1(O)CCCN(Cc2ccccc2)C1. The number of benzene rings is 1. The van der Waals surface area contributed by atoms with Crippen molar-refractivity contribution < 1.29 is 5.11 Å². The van der Waals surface area contributed by atoms with E-state index in [1.165, 1.54) is 5.56 Å². The number of β-amino-alcohol motifs (C(OH)–C–C–N with tert-alkyl or cyclic N) is 1. The molecular formula is C17H27NO. The number of hydrogen-bond acceptors (Lipinski definition) is 2. The first-order valence-corrected chi connectivity index (χ1v) is 7.63. The van der Waals surface area contributed by atoms with Crippen molar-refractivity contribution in [2.75, 3.05) is 13.1 Å². The fourth-order valence-corrected chi connectivity index (χ4v) is 3.23. The molecule has 0 amide bonds. The molecule has 2 rings (SSSR count). The number of hydrogen-bond donors (Lipinski definition) is 1. The molecule has 0 bridgehead atoms. The summed E-state index contributed by atoms with van der Waals surface area (Å²) in [5.41, 5.74) is 0.859. The summed E-state index contributed by atoms with van der Waals surface area (Å²) in [5.74, 6) is 0.399. The lowest BCUT2D eigenvalue weighted by molar-refractivity contribution is -0.0739. The Balaban J connectivity index is 1.97. The summed E-state index contributed by atoms with van der Waals surface area (Å²) in [7, 11) is 0. The minimum Gasteiger partial charge on any atom is -0.388 e. The zero-order valence-corrected chi connectivity index (χ0v) is 12.3. The third kappa shape index (κ3) is 3.80. The average molecular weight is 261 g/mol. The monoisotopic (exact) mass is 261 g/mol. The summed E-state index contributed by atoms with van der Waals surface area (Å²) in [6, 6.07) is 10.6. The molecule has 1 N–H and O–H groups in total. The number of piperidine rings is 1. The van der Waals surface area contributed by atoms with Gasteiger partial charge in [-0.05, 0) is 37.3 Å². The molecule has 0 spiro atoms. The third-order valence-corrected chi connectivity index (χ3v) is 4.47. The molecule has 1 aromatic carbocycles. The lowest BCUT2D eigenvalue weighted by Crippen LogP contribution is -2.51. The van der Waals surface area contributed by atoms with Gasteiger partial charge in [0.1, 0.15) is 0 Å². The van der Waals surface area contributed by atoms with E-state index in [1.807, 2.05) is 0 Å². The van der Waals surface area contributed by atoms with Crippen LogP contribution in [0.3, 0.4) is 0 Å². The van der Waals surface area contributed by atoms with Gasteiger partial charge in [0, 0.05) is 13.1 Å². The second-order valence-corrected chi connectivity index (χ2v) is 6.09. The maximum Gasteiger partial charge on any atom is 0.0800 e. The Hall–Kier alpha value is -0.860. The molecule has 1 fully saturated rings. The average Bonchev–Trinajstić information content (AvgIpc) is 2.40. The summed E-state index contributed by atoms with van der Waals surface area (Å²) < 4.78 is 0. The van der Waals surface area contributed by atoms with Gasteiger partial charge >= 0.3 is 0 Å². The van der Waals surface area contributed by atoms with Gasteiger partial charge in [0.2, 0.25) is 0 Å². The van der Waals surface area contributed by atoms with E-state index in [1.54, 1.807) is 0 Å². The molecule has 19 heavy (non-hydrogen) atoms. The van der Waals surface area contributed by atoms with Crippen molar-refractivity contribution in [2.24, 2.45) is 5.92 Å². The van der Waals surface area contributed by atoms with E-state index in [0.29, 0.717) is 5.92 Å². The van der Waals surface area contributed by atoms with Gasteiger partial charge in [-0.3, -0.25) is 4.90 Å². The van der Waals surface area contributed by atoms with E-state index in [2.05, 4.69) is 49.1 Å². The highest BCUT2D eigenvalue weighted by Gasteiger charge is 2.37. The van der Waals surface area contributed by atoms with E-state index in [-0.39, 0.29) is 0 Å². The quantitative estimate of drug-likeness (QED) is 0.877. The van der Waals surface area contributed by atoms with Crippen LogP contribution in [0.4, 0.5) is 0 Å². The highest BCUT2D eigenvalue weighted by atomic mass is 16.3. The fraction of sp³-hybridized carbons (Fsp3) is 0.647. The Labute approximate surface area is 117 Å². The van der Waals surface area contributed by atoms with Crippen LogP contribution in [0.2, 0.25) is 0 Å². The van der Waals surface area contributed by atoms with Gasteiger partial charge in [-0.1, -0.05) is 50.6 Å². The van der Waals surface area contributed by atoms with E-state index in [0.717, 1.165) is 45.3 Å². The van der Waals surface area contributed by atoms with Crippen LogP contribution in [0.25, 0.3) is 0 Å². The van der Waals surface area contributed by atoms with Crippen LogP contribution in [0.15, 0.2) is 30.3 Å². The molecule has 1 aromatic rings. The lowest BCUT2D eigenvalue weighted by atomic mass is 9.79. The zero-order valence-electron chi connectivity index (χ0n) is 12.3. The van der Waals surface area contributed by atoms with Crippen molar-refractivity contribution in [1.29, 1.82) is 0 Å². The van der Waals surface area contributed by atoms with Gasteiger partial charge < -0.3 is 5.11 Å². The molecule has 2 unspecified atom stereocenters. The van der Waals surface area contributed by atoms with Crippen LogP contribution in [0.5, 0.6) is 0 Å². The van der Waals surface area contributed by atoms with Crippen LogP contribution in [-0.4, -0.2) is 28.7 Å². The highest BCUT2D eigenvalue weighted by molar-refractivity contribution is 5.14. The van der Waals surface area contributed by atoms with Crippen molar-refractivity contribution >= 4 is 0 Å². The molecule has 2 nitrogen and oxygen atoms in total. The van der Waals surface area contributed by atoms with E-state index in [9.17, 15) is 5.11 Å². The number of nitrogens with zero attached hydrogens (tertiary/aromatic N) is 1. The summed E-state index contributed by atoms with van der Waals surface area (Å²) >= 11 is 0. The fourth-order valence-electron chi connectivity index (χ4n) is 3.23. The van der Waals surface area contributed by atoms with Gasteiger partial charge in [-0.25, -0.2) is 0 Å². The maximum absolute atomic E-state index is 10.9. The Bertz CT molecular complexity index is 378. The normalized spacial score (nSPS) is 26.3. The van der Waals surface area contributed by atoms with Crippen LogP contribution < -0.4 is 0 Å². The molecule has 0 aromatic heterocycles. The molecule has 0 aliphatic carbocycles. The largest absolute Gasteiger partial charge is 0.388 e. The Morgan fingerprint density at radius 1 is 1.32 bits per heavy atom. The number of rotatable bonds is 5. The first kappa shape index (κ1) is 14.5. The minimum atomic E-state index is -0.483. The van der Waals surface area contributed by atoms with Crippen molar-refractivity contribution in [3.05, 3.63) is 35.9 Å². The highest BCUT2D eigenvalue weighted by Crippen LogP contribution is 2.31. The predicted octanol–water partition coefficient (Wildman–Crippen LogP) is 3.45. The van der Waals surface area contributed by atoms with Gasteiger partial charge in [0.05, 0.1) is 5.60 Å². The van der Waals surface area contributed by atoms with E-state index < -0.39 is 5.60 Å². The molecule has 106 valence electrons. The Kier molecular flexibility index (Phi) is 5.00. The van der Waals surface area contributed by atoms with Crippen LogP contribution >= 0.6 is 0 Å². The molecule has 2 heteroatoms. The lowest BCUT2D eigenvalue weighted by Gasteiger charge is -2.43. The molecule has 0 saturated carbocycles. The molecule has 1 heterocycles. The van der Waals surface area contributed by atoms with Crippen LogP contribution in [0, 0.1) is 5.92 Å². The Morgan fingerprint density at radius 2 is 2.05 bits per heavy atom. The van der Waals surface area contributed by atoms with Crippen molar-refractivity contribution in [3.8, 4) is 0 Å². The molecule has 1 aliphatic rings. The van der Waals surface area contributed by atoms with Gasteiger partial charge in [-0.15, -0.1) is 0 Å². The van der Waals surface area contributed by atoms with Crippen LogP contribution in [0.1, 0.15) is 45.1 Å². The zero-order chi connectivity index (χ0) is 13.7. The van der Waals surface area contributed by atoms with Crippen LogP contribution in [-0.2, 0) is 6.54 Å². The summed E-state index contributed by atoms with van der Waals surface area (Å²) in [6.07, 6.45) is 4.34. The topological polar surface area (TPSA) is 23.5 Å². The number of aliphatic hydroxyl groups is 1. The standard InChI is InChI=1S/C17H27NO/c1-3-8-15(2)17(19)11-7-12-18(14-17)13-16-9-5-4-6-10-16/h4-6,9-10,15,19H,3,7-8,11-14H2,1-2H3. The second-order valence-electron chi connectivity index (χ2n) is 6.09. The number of likely N-dealkylation sites (tertiary alicyclic amines) is 1. The Morgan fingerprint density at radius 3 is 2.74 bits per heavy atom. The van der Waals surface area contributed by atoms with E-state index >= 15 is 0 Å². The molecule has 1 saturated heterocycles. The smallest absolute Gasteiger partial charge is 0.0800 e. The van der Waals surface area contributed by atoms with Gasteiger partial charge in [0.15, 0.2) is 0 Å². The van der Waals surface area contributed by atoms with Gasteiger partial charge in [0.25, 0.3) is 0 Å². The predicted molar refractivity (Wildman–Crippen MR) is 80.0 cm³/mol. The van der Waals surface area contributed by atoms with Gasteiger partial charge in [-0.2, -0.15) is 0 Å². The first-order valence-electron chi connectivity index (χ1n) is 7.63. The first-order chi connectivity index (χ1) is 9.14. The summed E-state index contributed by atoms with van der Waals surface area (Å²) in [6.45, 7) is 7.29. The third-order valence-electron chi connectivity index (χ3n) is 4.47. The molecule has 0 radical (unpaired) electrons. The van der Waals surface area contributed by atoms with Crippen molar-refractivity contribution in [1.82, 2.24) is 4.90 Å². The van der Waals surface area contributed by atoms with Crippen molar-refractivity contribution in [3.63, 3.8) is 0 Å².